The number of fused-ring (bicyclic) bond motifs is 1. The smallest absolute Gasteiger partial charge is 0.205 e. The van der Waals surface area contributed by atoms with Crippen molar-refractivity contribution in [3.05, 3.63) is 48.0 Å². The fourth-order valence-electron chi connectivity index (χ4n) is 3.60. The zero-order valence-electron chi connectivity index (χ0n) is 19.8. The van der Waals surface area contributed by atoms with E-state index in [0.29, 0.717) is 16.1 Å². The number of ether oxygens (including phenoxy) is 2. The fraction of sp³-hybridized carbons (Fsp3) is 0.417. The first-order chi connectivity index (χ1) is 16.1. The van der Waals surface area contributed by atoms with Crippen molar-refractivity contribution in [2.75, 3.05) is 51.1 Å². The zero-order chi connectivity index (χ0) is 23.6. The minimum atomic E-state index is 0.638. The molecule has 0 radical (unpaired) electrons. The molecule has 3 aromatic rings. The maximum Gasteiger partial charge on any atom is 0.205 e. The van der Waals surface area contributed by atoms with Gasteiger partial charge in [-0.05, 0) is 44.3 Å². The normalized spacial score (nSPS) is 11.8. The van der Waals surface area contributed by atoms with Gasteiger partial charge in [0.05, 0.1) is 30.0 Å². The van der Waals surface area contributed by atoms with Gasteiger partial charge >= 0.3 is 0 Å². The average molecular weight is 564 g/mol. The summed E-state index contributed by atoms with van der Waals surface area (Å²) < 4.78 is 13.8. The molecule has 9 heteroatoms. The second-order valence-electron chi connectivity index (χ2n) is 7.43. The first-order valence-corrected chi connectivity index (χ1v) is 12.7. The number of anilines is 2. The van der Waals surface area contributed by atoms with Crippen molar-refractivity contribution in [2.45, 2.75) is 24.8 Å². The van der Waals surface area contributed by atoms with Crippen LogP contribution in [0.5, 0.6) is 11.5 Å². The molecule has 0 fully saturated rings. The minimum absolute atomic E-state index is 0.638. The summed E-state index contributed by atoms with van der Waals surface area (Å²) in [7, 11) is 3.26. The van der Waals surface area contributed by atoms with E-state index >= 15 is 0 Å². The molecule has 33 heavy (non-hydrogen) atoms. The van der Waals surface area contributed by atoms with Gasteiger partial charge in [0.2, 0.25) is 5.95 Å². The maximum absolute atomic E-state index is 5.54. The van der Waals surface area contributed by atoms with Gasteiger partial charge in [0.1, 0.15) is 0 Å². The molecule has 0 spiro atoms. The van der Waals surface area contributed by atoms with Crippen molar-refractivity contribution in [2.24, 2.45) is 5.10 Å². The lowest BCUT2D eigenvalue weighted by Gasteiger charge is -2.19. The summed E-state index contributed by atoms with van der Waals surface area (Å²) in [5, 5.41) is 9.17. The van der Waals surface area contributed by atoms with E-state index in [-0.39, 0.29) is 0 Å². The summed E-state index contributed by atoms with van der Waals surface area (Å²) in [4.78, 5) is 7.33. The van der Waals surface area contributed by atoms with E-state index in [9.17, 15) is 0 Å². The van der Waals surface area contributed by atoms with Crippen molar-refractivity contribution in [1.29, 1.82) is 0 Å². The number of aromatic nitrogens is 2. The van der Waals surface area contributed by atoms with Crippen LogP contribution in [0.4, 0.5) is 11.6 Å². The first-order valence-electron chi connectivity index (χ1n) is 11.2. The Kier molecular flexibility index (Phi) is 9.61. The van der Waals surface area contributed by atoms with Crippen molar-refractivity contribution >= 4 is 45.1 Å². The molecule has 0 aliphatic rings. The van der Waals surface area contributed by atoms with E-state index in [0.717, 1.165) is 60.6 Å². The van der Waals surface area contributed by atoms with E-state index < -0.39 is 0 Å². The molecule has 0 saturated heterocycles. The summed E-state index contributed by atoms with van der Waals surface area (Å²) in [5.41, 5.74) is 5.65. The highest BCUT2D eigenvalue weighted by Crippen LogP contribution is 2.30. The number of methoxy groups -OCH3 is 2. The van der Waals surface area contributed by atoms with Crippen LogP contribution in [0.15, 0.2) is 47.6 Å². The Balaban J connectivity index is 2.04. The molecule has 0 bridgehead atoms. The minimum Gasteiger partial charge on any atom is -0.493 e. The number of nitrogens with one attached hydrogen (secondary N) is 2. The quantitative estimate of drug-likeness (QED) is 0.146. The van der Waals surface area contributed by atoms with Crippen LogP contribution in [-0.2, 0) is 4.55 Å². The zero-order valence-corrected chi connectivity index (χ0v) is 21.9. The molecule has 0 aliphatic heterocycles. The molecule has 1 aromatic heterocycles. The molecule has 8 nitrogen and oxygen atoms in total. The highest BCUT2D eigenvalue weighted by Gasteiger charge is 2.14. The van der Waals surface area contributed by atoms with Gasteiger partial charge in [-0.15, -0.1) is 0 Å². The number of para-hydroxylation sites is 1. The van der Waals surface area contributed by atoms with Gasteiger partial charge in [0, 0.05) is 18.0 Å². The fourth-order valence-corrected chi connectivity index (χ4v) is 4.25. The van der Waals surface area contributed by atoms with Gasteiger partial charge in [-0.25, -0.2) is 4.98 Å². The molecule has 0 unspecified atom stereocenters. The molecule has 2 aromatic carbocycles. The Hall–Kier alpha value is -2.53. The van der Waals surface area contributed by atoms with Crippen LogP contribution in [0, 0.1) is 0 Å². The van der Waals surface area contributed by atoms with Gasteiger partial charge in [-0.2, -0.15) is 5.10 Å². The second kappa shape index (κ2) is 12.6. The highest BCUT2D eigenvalue weighted by atomic mass is 127. The number of alkyl halides is 1. The van der Waals surface area contributed by atoms with Gasteiger partial charge in [0.25, 0.3) is 0 Å². The summed E-state index contributed by atoms with van der Waals surface area (Å²) >= 11 is 2.34. The van der Waals surface area contributed by atoms with E-state index in [1.165, 1.54) is 0 Å². The monoisotopic (exact) mass is 564 g/mol. The topological polar surface area (TPSA) is 75.9 Å². The molecule has 0 amide bonds. The third-order valence-corrected chi connectivity index (χ3v) is 6.18. The van der Waals surface area contributed by atoms with Crippen molar-refractivity contribution in [3.63, 3.8) is 0 Å². The second-order valence-corrected chi connectivity index (χ2v) is 8.11. The SMILES string of the molecule is CCN(CC)CCCNc1nc2cc(OC)c(OC)cc2/c(=N/Nc2ccccc2)n1CI. The molecule has 178 valence electrons. The number of hydrogen-bond donors (Lipinski definition) is 2. The van der Waals surface area contributed by atoms with Gasteiger partial charge in [-0.1, -0.05) is 54.6 Å². The Labute approximate surface area is 209 Å². The molecule has 1 heterocycles. The van der Waals surface area contributed by atoms with Crippen molar-refractivity contribution in [1.82, 2.24) is 14.5 Å². The molecule has 0 atom stereocenters. The number of halogens is 1. The highest BCUT2D eigenvalue weighted by molar-refractivity contribution is 14.1. The molecular weight excluding hydrogens is 531 g/mol. The Morgan fingerprint density at radius 2 is 1.76 bits per heavy atom. The average Bonchev–Trinajstić information content (AvgIpc) is 2.86. The summed E-state index contributed by atoms with van der Waals surface area (Å²) in [5.74, 6) is 2.05. The number of nitrogens with zero attached hydrogens (tertiary/aromatic N) is 4. The lowest BCUT2D eigenvalue weighted by atomic mass is 10.2. The first kappa shape index (κ1) is 25.1. The van der Waals surface area contributed by atoms with Gasteiger partial charge < -0.3 is 19.7 Å². The van der Waals surface area contributed by atoms with Crippen LogP contribution in [0.2, 0.25) is 0 Å². The molecular formula is C24H33IN6O2. The predicted octanol–water partition coefficient (Wildman–Crippen LogP) is 4.52. The lowest BCUT2D eigenvalue weighted by molar-refractivity contribution is 0.303. The standard InChI is InChI=1S/C24H33IN6O2/c1-5-30(6-2)14-10-13-26-24-27-20-16-22(33-4)21(32-3)15-19(20)23(31(24)17-25)29-28-18-11-8-7-9-12-18/h7-9,11-12,15-16,28H,5-6,10,13-14,17H2,1-4H3,(H,26,27)/b29-23-. The Morgan fingerprint density at radius 3 is 2.39 bits per heavy atom. The van der Waals surface area contributed by atoms with E-state index in [2.05, 4.69) is 56.6 Å². The van der Waals surface area contributed by atoms with Crippen molar-refractivity contribution in [3.8, 4) is 11.5 Å². The molecule has 3 rings (SSSR count). The number of hydrogen-bond acceptors (Lipinski definition) is 7. The third-order valence-electron chi connectivity index (χ3n) is 5.49. The van der Waals surface area contributed by atoms with Crippen LogP contribution < -0.4 is 25.7 Å². The molecule has 0 aliphatic carbocycles. The lowest BCUT2D eigenvalue weighted by Crippen LogP contribution is -2.28. The van der Waals surface area contributed by atoms with Crippen LogP contribution in [-0.4, -0.2) is 54.8 Å². The van der Waals surface area contributed by atoms with Crippen LogP contribution in [0.25, 0.3) is 10.9 Å². The maximum atomic E-state index is 5.54. The van der Waals surface area contributed by atoms with E-state index in [4.69, 9.17) is 19.6 Å². The summed E-state index contributed by atoms with van der Waals surface area (Å²) in [6, 6.07) is 13.7. The molecule has 0 saturated carbocycles. The summed E-state index contributed by atoms with van der Waals surface area (Å²) in [6.07, 6.45) is 1.03. The van der Waals surface area contributed by atoms with E-state index in [1.807, 2.05) is 42.5 Å². The number of rotatable bonds is 12. The number of benzene rings is 2. The Morgan fingerprint density at radius 1 is 1.06 bits per heavy atom. The summed E-state index contributed by atoms with van der Waals surface area (Å²) in [6.45, 7) is 8.39. The third kappa shape index (κ3) is 6.29. The predicted molar refractivity (Wildman–Crippen MR) is 143 cm³/mol. The van der Waals surface area contributed by atoms with Gasteiger partial charge in [0.15, 0.2) is 17.0 Å². The van der Waals surface area contributed by atoms with E-state index in [1.54, 1.807) is 14.2 Å². The van der Waals surface area contributed by atoms with Crippen molar-refractivity contribution < 1.29 is 9.47 Å². The van der Waals surface area contributed by atoms with Crippen LogP contribution in [0.1, 0.15) is 20.3 Å². The van der Waals surface area contributed by atoms with Crippen LogP contribution in [0.3, 0.4) is 0 Å². The Bertz CT molecular complexity index is 1100. The largest absolute Gasteiger partial charge is 0.493 e. The van der Waals surface area contributed by atoms with Gasteiger partial charge in [-0.3, -0.25) is 9.99 Å². The van der Waals surface area contributed by atoms with Crippen LogP contribution >= 0.6 is 22.6 Å². The molecule has 2 N–H and O–H groups in total.